The Morgan fingerprint density at radius 1 is 1.11 bits per heavy atom. The second kappa shape index (κ2) is 5.78. The van der Waals surface area contributed by atoms with Gasteiger partial charge < -0.3 is 25.2 Å². The van der Waals surface area contributed by atoms with Gasteiger partial charge in [0.2, 0.25) is 0 Å². The predicted octanol–water partition coefficient (Wildman–Crippen LogP) is -1.02. The molecule has 0 aromatic carbocycles. The van der Waals surface area contributed by atoms with Gasteiger partial charge in [0.1, 0.15) is 5.60 Å². The maximum atomic E-state index is 11.4. The number of carboxylic acid groups (broad SMARTS) is 2. The Hall–Kier alpha value is -1.67. The zero-order valence-corrected chi connectivity index (χ0v) is 10.0. The van der Waals surface area contributed by atoms with Crippen molar-refractivity contribution in [2.24, 2.45) is 0 Å². The number of rotatable bonds is 7. The Balaban J connectivity index is 4.76. The maximum absolute atomic E-state index is 11.4. The molecule has 0 aromatic heterocycles. The monoisotopic (exact) mass is 264 g/mol. The maximum Gasteiger partial charge on any atom is 0.336 e. The highest BCUT2D eigenvalue weighted by atomic mass is 16.6. The number of aliphatic hydroxyl groups excluding tert-OH is 1. The van der Waals surface area contributed by atoms with Crippen molar-refractivity contribution in [3.8, 4) is 0 Å². The summed E-state index contributed by atoms with van der Waals surface area (Å²) in [6.45, 7) is 2.26. The van der Waals surface area contributed by atoms with Gasteiger partial charge >= 0.3 is 17.9 Å². The molecule has 0 fully saturated rings. The fraction of sp³-hybridized carbons (Fsp3) is 0.700. The standard InChI is InChI=1S/C10H16O8/c1-9(2,5-11)18-7(14)4-10(17,8(15)16)3-6(12)13/h11,17H,3-5H2,1-2H3,(H,12,13)(H,15,16). The van der Waals surface area contributed by atoms with Gasteiger partial charge in [-0.25, -0.2) is 4.79 Å². The molecule has 0 aliphatic heterocycles. The number of aliphatic hydroxyl groups is 2. The lowest BCUT2D eigenvalue weighted by Gasteiger charge is -2.25. The van der Waals surface area contributed by atoms with Gasteiger partial charge in [-0.05, 0) is 13.8 Å². The van der Waals surface area contributed by atoms with Crippen LogP contribution in [0.4, 0.5) is 0 Å². The van der Waals surface area contributed by atoms with Crippen molar-refractivity contribution in [2.75, 3.05) is 6.61 Å². The molecule has 0 rings (SSSR count). The van der Waals surface area contributed by atoms with E-state index in [0.29, 0.717) is 0 Å². The van der Waals surface area contributed by atoms with Crippen molar-refractivity contribution >= 4 is 17.9 Å². The number of hydrogen-bond donors (Lipinski definition) is 4. The Labute approximate surface area is 103 Å². The van der Waals surface area contributed by atoms with Gasteiger partial charge in [-0.15, -0.1) is 0 Å². The second-order valence-electron chi connectivity index (χ2n) is 4.48. The summed E-state index contributed by atoms with van der Waals surface area (Å²) < 4.78 is 4.71. The second-order valence-corrected chi connectivity index (χ2v) is 4.48. The third-order valence-corrected chi connectivity index (χ3v) is 2.05. The first-order chi connectivity index (χ1) is 8.02. The van der Waals surface area contributed by atoms with E-state index in [0.717, 1.165) is 0 Å². The van der Waals surface area contributed by atoms with Crippen LogP contribution >= 0.6 is 0 Å². The summed E-state index contributed by atoms with van der Waals surface area (Å²) in [6.07, 6.45) is -2.14. The number of hydrogen-bond acceptors (Lipinski definition) is 6. The lowest BCUT2D eigenvalue weighted by molar-refractivity contribution is -0.177. The van der Waals surface area contributed by atoms with E-state index in [9.17, 15) is 19.5 Å². The van der Waals surface area contributed by atoms with Gasteiger partial charge in [-0.2, -0.15) is 0 Å². The predicted molar refractivity (Wildman–Crippen MR) is 56.7 cm³/mol. The number of carboxylic acids is 2. The van der Waals surface area contributed by atoms with Crippen molar-refractivity contribution in [3.63, 3.8) is 0 Å². The Morgan fingerprint density at radius 2 is 1.61 bits per heavy atom. The van der Waals surface area contributed by atoms with E-state index in [-0.39, 0.29) is 0 Å². The zero-order valence-electron chi connectivity index (χ0n) is 10.0. The molecule has 0 radical (unpaired) electrons. The number of ether oxygens (including phenoxy) is 1. The molecule has 1 unspecified atom stereocenters. The summed E-state index contributed by atoms with van der Waals surface area (Å²) in [4.78, 5) is 32.6. The highest BCUT2D eigenvalue weighted by Crippen LogP contribution is 2.19. The van der Waals surface area contributed by atoms with Gasteiger partial charge in [0.05, 0.1) is 19.4 Å². The molecular weight excluding hydrogens is 248 g/mol. The van der Waals surface area contributed by atoms with Crippen LogP contribution in [-0.4, -0.2) is 56.1 Å². The van der Waals surface area contributed by atoms with Gasteiger partial charge in [-0.1, -0.05) is 0 Å². The summed E-state index contributed by atoms with van der Waals surface area (Å²) in [5.74, 6) is -4.50. The molecule has 4 N–H and O–H groups in total. The first-order valence-corrected chi connectivity index (χ1v) is 5.03. The molecule has 0 bridgehead atoms. The molecule has 0 heterocycles. The highest BCUT2D eigenvalue weighted by molar-refractivity contribution is 5.88. The van der Waals surface area contributed by atoms with E-state index in [1.165, 1.54) is 13.8 Å². The molecule has 0 amide bonds. The first kappa shape index (κ1) is 16.3. The quantitative estimate of drug-likeness (QED) is 0.428. The van der Waals surface area contributed by atoms with E-state index in [2.05, 4.69) is 0 Å². The van der Waals surface area contributed by atoms with Crippen LogP contribution in [0.2, 0.25) is 0 Å². The van der Waals surface area contributed by atoms with E-state index in [4.69, 9.17) is 20.1 Å². The average molecular weight is 264 g/mol. The van der Waals surface area contributed by atoms with Crippen LogP contribution in [0.1, 0.15) is 26.7 Å². The SMILES string of the molecule is CC(C)(CO)OC(=O)CC(O)(CC(=O)O)C(=O)O. The van der Waals surface area contributed by atoms with Gasteiger partial charge in [0, 0.05) is 0 Å². The molecular formula is C10H16O8. The molecule has 1 atom stereocenters. The van der Waals surface area contributed by atoms with Crippen LogP contribution in [-0.2, 0) is 19.1 Å². The molecule has 8 nitrogen and oxygen atoms in total. The minimum absolute atomic E-state index is 0.497. The number of carbonyl (C=O) groups is 3. The average Bonchev–Trinajstić information content (AvgIpc) is 2.14. The fourth-order valence-corrected chi connectivity index (χ4v) is 1.08. The van der Waals surface area contributed by atoms with Crippen molar-refractivity contribution in [1.82, 2.24) is 0 Å². The largest absolute Gasteiger partial charge is 0.481 e. The summed E-state index contributed by atoms with van der Waals surface area (Å²) >= 11 is 0. The topological polar surface area (TPSA) is 141 Å². The van der Waals surface area contributed by atoms with Gasteiger partial charge in [0.25, 0.3) is 0 Å². The molecule has 0 saturated carbocycles. The molecule has 0 spiro atoms. The Morgan fingerprint density at radius 3 is 1.94 bits per heavy atom. The zero-order chi connectivity index (χ0) is 14.6. The Kier molecular flexibility index (Phi) is 5.25. The van der Waals surface area contributed by atoms with Crippen molar-refractivity contribution in [1.29, 1.82) is 0 Å². The number of carbonyl (C=O) groups excluding carboxylic acids is 1. The van der Waals surface area contributed by atoms with E-state index >= 15 is 0 Å². The van der Waals surface area contributed by atoms with E-state index in [1.807, 2.05) is 0 Å². The molecule has 104 valence electrons. The molecule has 0 saturated heterocycles. The molecule has 8 heteroatoms. The highest BCUT2D eigenvalue weighted by Gasteiger charge is 2.42. The summed E-state index contributed by atoms with van der Waals surface area (Å²) in [5.41, 5.74) is -3.96. The van der Waals surface area contributed by atoms with Crippen molar-refractivity contribution in [2.45, 2.75) is 37.9 Å². The molecule has 18 heavy (non-hydrogen) atoms. The van der Waals surface area contributed by atoms with Crippen LogP contribution in [0.25, 0.3) is 0 Å². The fourth-order valence-electron chi connectivity index (χ4n) is 1.08. The molecule has 0 aliphatic carbocycles. The lowest BCUT2D eigenvalue weighted by Crippen LogP contribution is -2.44. The molecule has 0 aliphatic rings. The van der Waals surface area contributed by atoms with Crippen LogP contribution in [0.3, 0.4) is 0 Å². The van der Waals surface area contributed by atoms with Gasteiger partial charge in [0.15, 0.2) is 5.60 Å². The summed E-state index contributed by atoms with van der Waals surface area (Å²) in [7, 11) is 0. The van der Waals surface area contributed by atoms with Crippen LogP contribution in [0, 0.1) is 0 Å². The lowest BCUT2D eigenvalue weighted by atomic mass is 9.95. The van der Waals surface area contributed by atoms with Crippen LogP contribution in [0.15, 0.2) is 0 Å². The summed E-state index contributed by atoms with van der Waals surface area (Å²) in [5, 5.41) is 35.6. The van der Waals surface area contributed by atoms with Gasteiger partial charge in [-0.3, -0.25) is 9.59 Å². The first-order valence-electron chi connectivity index (χ1n) is 5.03. The third kappa shape index (κ3) is 5.11. The van der Waals surface area contributed by atoms with Crippen LogP contribution < -0.4 is 0 Å². The minimum atomic E-state index is -2.73. The number of aliphatic carboxylic acids is 2. The normalized spacial score (nSPS) is 14.7. The van der Waals surface area contributed by atoms with Crippen molar-refractivity contribution < 1.29 is 39.5 Å². The van der Waals surface area contributed by atoms with Crippen molar-refractivity contribution in [3.05, 3.63) is 0 Å². The third-order valence-electron chi connectivity index (χ3n) is 2.05. The minimum Gasteiger partial charge on any atom is -0.481 e. The smallest absolute Gasteiger partial charge is 0.336 e. The van der Waals surface area contributed by atoms with E-state index < -0.39 is 48.6 Å². The Bertz CT molecular complexity index is 348. The van der Waals surface area contributed by atoms with E-state index in [1.54, 1.807) is 0 Å². The van der Waals surface area contributed by atoms with Crippen LogP contribution in [0.5, 0.6) is 0 Å². The molecule has 0 aromatic rings. The summed E-state index contributed by atoms with van der Waals surface area (Å²) in [6, 6.07) is 0. The number of esters is 1.